The van der Waals surface area contributed by atoms with Crippen molar-refractivity contribution < 1.29 is 18.7 Å². The van der Waals surface area contributed by atoms with Crippen LogP contribution in [0, 0.1) is 17.7 Å². The average molecular weight is 429 g/mol. The van der Waals surface area contributed by atoms with E-state index in [-0.39, 0.29) is 53.4 Å². The first-order valence-electron chi connectivity index (χ1n) is 10.1. The largest absolute Gasteiger partial charge is 0.469 e. The lowest BCUT2D eigenvalue weighted by atomic mass is 10.2. The van der Waals surface area contributed by atoms with Crippen LogP contribution in [0.2, 0.25) is 0 Å². The summed E-state index contributed by atoms with van der Waals surface area (Å²) in [5, 5.41) is 0. The third kappa shape index (κ3) is 3.89. The van der Waals surface area contributed by atoms with Gasteiger partial charge in [-0.1, -0.05) is 0 Å². The molecule has 2 fully saturated rings. The van der Waals surface area contributed by atoms with Gasteiger partial charge in [-0.2, -0.15) is 0 Å². The van der Waals surface area contributed by atoms with Gasteiger partial charge in [-0.15, -0.1) is 0 Å². The molecule has 9 nitrogen and oxygen atoms in total. The van der Waals surface area contributed by atoms with Crippen LogP contribution in [0.3, 0.4) is 0 Å². The van der Waals surface area contributed by atoms with E-state index in [0.29, 0.717) is 19.0 Å². The van der Waals surface area contributed by atoms with Crippen LogP contribution in [-0.4, -0.2) is 64.6 Å². The van der Waals surface area contributed by atoms with Gasteiger partial charge in [0.1, 0.15) is 0 Å². The SMILES string of the molecule is COC(=O)CCC(=O)N1C[C@@H]2[C@H](C1)[C@@H]2N(C)c1nc(-c2ccncc2F)cc(=O)n1C. The van der Waals surface area contributed by atoms with Crippen LogP contribution in [0.5, 0.6) is 0 Å². The predicted molar refractivity (Wildman–Crippen MR) is 110 cm³/mol. The molecule has 1 aliphatic carbocycles. The first kappa shape index (κ1) is 21.0. The Morgan fingerprint density at radius 3 is 2.65 bits per heavy atom. The molecule has 0 bridgehead atoms. The summed E-state index contributed by atoms with van der Waals surface area (Å²) in [5.74, 6) is -0.00830. The number of hydrogen-bond acceptors (Lipinski definition) is 7. The Kier molecular flexibility index (Phi) is 5.47. The smallest absolute Gasteiger partial charge is 0.306 e. The molecule has 10 heteroatoms. The molecule has 0 N–H and O–H groups in total. The van der Waals surface area contributed by atoms with E-state index in [1.54, 1.807) is 11.9 Å². The monoisotopic (exact) mass is 429 g/mol. The van der Waals surface area contributed by atoms with E-state index < -0.39 is 11.8 Å². The Labute approximate surface area is 178 Å². The normalized spacial score (nSPS) is 21.5. The fourth-order valence-corrected chi connectivity index (χ4v) is 4.44. The number of aromatic nitrogens is 3. The zero-order valence-corrected chi connectivity index (χ0v) is 17.6. The molecule has 1 aliphatic heterocycles. The van der Waals surface area contributed by atoms with Crippen molar-refractivity contribution >= 4 is 17.8 Å². The number of pyridine rings is 1. The van der Waals surface area contributed by atoms with Gasteiger partial charge in [0.2, 0.25) is 11.9 Å². The van der Waals surface area contributed by atoms with Crippen molar-refractivity contribution in [2.45, 2.75) is 18.9 Å². The topological polar surface area (TPSA) is 97.6 Å². The molecule has 0 aromatic carbocycles. The highest BCUT2D eigenvalue weighted by Crippen LogP contribution is 2.49. The number of anilines is 1. The highest BCUT2D eigenvalue weighted by Gasteiger charge is 2.59. The second kappa shape index (κ2) is 8.09. The van der Waals surface area contributed by atoms with Crippen LogP contribution in [-0.2, 0) is 21.4 Å². The molecule has 2 aromatic heterocycles. The van der Waals surface area contributed by atoms with Crippen LogP contribution in [0.25, 0.3) is 11.3 Å². The lowest BCUT2D eigenvalue weighted by Crippen LogP contribution is -2.38. The molecular formula is C21H24FN5O4. The lowest BCUT2D eigenvalue weighted by Gasteiger charge is -2.26. The number of hydrogen-bond donors (Lipinski definition) is 0. The molecule has 2 aliphatic rings. The minimum Gasteiger partial charge on any atom is -0.469 e. The van der Waals surface area contributed by atoms with Gasteiger partial charge in [-0.05, 0) is 6.07 Å². The van der Waals surface area contributed by atoms with E-state index in [4.69, 9.17) is 0 Å². The average Bonchev–Trinajstić information content (AvgIpc) is 3.26. The number of methoxy groups -OCH3 is 1. The van der Waals surface area contributed by atoms with E-state index in [2.05, 4.69) is 14.7 Å². The fraction of sp³-hybridized carbons (Fsp3) is 0.476. The Bertz CT molecular complexity index is 1080. The first-order valence-corrected chi connectivity index (χ1v) is 10.1. The van der Waals surface area contributed by atoms with E-state index >= 15 is 0 Å². The molecule has 0 radical (unpaired) electrons. The van der Waals surface area contributed by atoms with Crippen LogP contribution >= 0.6 is 0 Å². The summed E-state index contributed by atoms with van der Waals surface area (Å²) < 4.78 is 20.2. The second-order valence-electron chi connectivity index (χ2n) is 8.00. The van der Waals surface area contributed by atoms with Crippen molar-refractivity contribution in [3.8, 4) is 11.3 Å². The number of amides is 1. The minimum atomic E-state index is -0.541. The number of carbonyl (C=O) groups excluding carboxylic acids is 2. The number of esters is 1. The number of nitrogens with zero attached hydrogens (tertiary/aromatic N) is 5. The summed E-state index contributed by atoms with van der Waals surface area (Å²) in [6.45, 7) is 1.21. The highest BCUT2D eigenvalue weighted by atomic mass is 19.1. The Hall–Kier alpha value is -3.30. The van der Waals surface area contributed by atoms with Crippen LogP contribution in [0.15, 0.2) is 29.3 Å². The number of fused-ring (bicyclic) bond motifs is 1. The number of carbonyl (C=O) groups is 2. The van der Waals surface area contributed by atoms with E-state index in [0.717, 1.165) is 6.20 Å². The minimum absolute atomic E-state index is 0.0558. The van der Waals surface area contributed by atoms with Crippen molar-refractivity contribution in [1.82, 2.24) is 19.4 Å². The van der Waals surface area contributed by atoms with Crippen molar-refractivity contribution in [2.75, 3.05) is 32.1 Å². The third-order valence-corrected chi connectivity index (χ3v) is 6.19. The van der Waals surface area contributed by atoms with Gasteiger partial charge in [0.05, 0.1) is 25.4 Å². The number of halogens is 1. The molecule has 1 saturated carbocycles. The Morgan fingerprint density at radius 2 is 2.00 bits per heavy atom. The molecular weight excluding hydrogens is 405 g/mol. The lowest BCUT2D eigenvalue weighted by molar-refractivity contribution is -0.143. The maximum atomic E-state index is 14.2. The first-order chi connectivity index (χ1) is 14.8. The molecule has 0 unspecified atom stereocenters. The number of piperidine rings is 1. The third-order valence-electron chi connectivity index (χ3n) is 6.19. The van der Waals surface area contributed by atoms with Crippen LogP contribution in [0.1, 0.15) is 12.8 Å². The Balaban J connectivity index is 1.47. The standard InChI is InChI=1S/C21H24FN5O4/c1-25-18(29)8-16(12-6-7-23-9-15(12)22)24-21(25)26(2)20-13-10-27(11-14(13)20)17(28)4-5-19(30)31-3/h6-9,13-14,20H,4-5,10-11H2,1-3H3/t13-,14+,20-. The predicted octanol–water partition coefficient (Wildman–Crippen LogP) is 0.828. The molecule has 164 valence electrons. The molecule has 2 aromatic rings. The van der Waals surface area contributed by atoms with E-state index in [1.807, 2.05) is 11.9 Å². The summed E-state index contributed by atoms with van der Waals surface area (Å²) >= 11 is 0. The molecule has 1 amide bonds. The van der Waals surface area contributed by atoms with Crippen LogP contribution in [0.4, 0.5) is 10.3 Å². The maximum Gasteiger partial charge on any atom is 0.306 e. The summed E-state index contributed by atoms with van der Waals surface area (Å²) in [6, 6.07) is 2.94. The van der Waals surface area contributed by atoms with Crippen molar-refractivity contribution in [3.63, 3.8) is 0 Å². The van der Waals surface area contributed by atoms with Crippen molar-refractivity contribution in [2.24, 2.45) is 18.9 Å². The summed E-state index contributed by atoms with van der Waals surface area (Å²) in [6.07, 6.45) is 2.77. The van der Waals surface area contributed by atoms with Gasteiger partial charge in [0, 0.05) is 69.3 Å². The zero-order valence-electron chi connectivity index (χ0n) is 17.6. The Morgan fingerprint density at radius 1 is 1.29 bits per heavy atom. The van der Waals surface area contributed by atoms with Gasteiger partial charge < -0.3 is 14.5 Å². The number of ether oxygens (including phenoxy) is 1. The van der Waals surface area contributed by atoms with Gasteiger partial charge >= 0.3 is 5.97 Å². The molecule has 0 spiro atoms. The summed E-state index contributed by atoms with van der Waals surface area (Å²) in [4.78, 5) is 48.1. The summed E-state index contributed by atoms with van der Waals surface area (Å²) in [5.41, 5.74) is 0.199. The quantitative estimate of drug-likeness (QED) is 0.628. The number of rotatable bonds is 6. The van der Waals surface area contributed by atoms with Gasteiger partial charge in [0.15, 0.2) is 5.82 Å². The van der Waals surface area contributed by atoms with Gasteiger partial charge in [0.25, 0.3) is 5.56 Å². The molecule has 31 heavy (non-hydrogen) atoms. The maximum absolute atomic E-state index is 14.2. The second-order valence-corrected chi connectivity index (χ2v) is 8.00. The molecule has 4 rings (SSSR count). The van der Waals surface area contributed by atoms with Crippen LogP contribution < -0.4 is 10.5 Å². The van der Waals surface area contributed by atoms with E-state index in [9.17, 15) is 18.8 Å². The van der Waals surface area contributed by atoms with Gasteiger partial charge in [-0.3, -0.25) is 23.9 Å². The molecule has 3 atom stereocenters. The van der Waals surface area contributed by atoms with Crippen molar-refractivity contribution in [3.05, 3.63) is 40.7 Å². The fourth-order valence-electron chi connectivity index (χ4n) is 4.44. The van der Waals surface area contributed by atoms with Gasteiger partial charge in [-0.25, -0.2) is 9.37 Å². The molecule has 3 heterocycles. The highest BCUT2D eigenvalue weighted by molar-refractivity contribution is 5.81. The number of likely N-dealkylation sites (tertiary alicyclic amines) is 1. The molecule has 1 saturated heterocycles. The van der Waals surface area contributed by atoms with E-state index in [1.165, 1.54) is 30.0 Å². The zero-order chi connectivity index (χ0) is 22.3. The summed E-state index contributed by atoms with van der Waals surface area (Å²) in [7, 11) is 4.80. The van der Waals surface area contributed by atoms with Crippen molar-refractivity contribution in [1.29, 1.82) is 0 Å².